The lowest BCUT2D eigenvalue weighted by molar-refractivity contribution is -0.137. The molecule has 5 aromatic rings. The summed E-state index contributed by atoms with van der Waals surface area (Å²) in [5, 5.41) is 3.06. The molecule has 43 heavy (non-hydrogen) atoms. The Morgan fingerprint density at radius 1 is 1.02 bits per heavy atom. The Balaban J connectivity index is 1.64. The average molecular weight is 613 g/mol. The van der Waals surface area contributed by atoms with Gasteiger partial charge in [-0.2, -0.15) is 13.2 Å². The molecule has 3 aromatic heterocycles. The number of nitrogens with one attached hydrogen (secondary N) is 1. The quantitative estimate of drug-likeness (QED) is 0.185. The Morgan fingerprint density at radius 3 is 2.44 bits per heavy atom. The lowest BCUT2D eigenvalue weighted by Gasteiger charge is -2.21. The van der Waals surface area contributed by atoms with Crippen molar-refractivity contribution in [1.82, 2.24) is 24.5 Å². The molecule has 0 aliphatic carbocycles. The summed E-state index contributed by atoms with van der Waals surface area (Å²) in [6, 6.07) is 6.85. The van der Waals surface area contributed by atoms with Crippen LogP contribution in [-0.4, -0.2) is 24.5 Å². The summed E-state index contributed by atoms with van der Waals surface area (Å²) in [4.78, 5) is 29.9. The van der Waals surface area contributed by atoms with Crippen molar-refractivity contribution in [2.24, 2.45) is 0 Å². The molecule has 0 saturated carbocycles. The summed E-state index contributed by atoms with van der Waals surface area (Å²) in [6.07, 6.45) is -2.80. The number of hydrogen-bond donors (Lipinski definition) is 3. The number of hydrogen-bond acceptors (Lipinski definition) is 8. The first-order valence-electron chi connectivity index (χ1n) is 12.2. The number of aromatic nitrogens is 5. The number of nitrogens with two attached hydrogens (primary N) is 2. The van der Waals surface area contributed by atoms with Gasteiger partial charge >= 0.3 is 6.18 Å². The predicted octanol–water partition coefficient (Wildman–Crippen LogP) is 5.26. The predicted molar refractivity (Wildman–Crippen MR) is 150 cm³/mol. The number of benzene rings is 2. The SMILES string of the molecule is CC(Nc1ncnc(N)c1C#Cc1cnc(N)cc1C(F)(F)F)c1nc2cccc(Cl)c2c(=O)n1-c1cc(F)cc(F)c1. The number of pyridine rings is 1. The van der Waals surface area contributed by atoms with Crippen molar-refractivity contribution in [3.63, 3.8) is 0 Å². The second-order valence-electron chi connectivity index (χ2n) is 9.12. The molecule has 3 heterocycles. The first-order chi connectivity index (χ1) is 20.3. The molecule has 1 unspecified atom stereocenters. The number of rotatable bonds is 4. The average Bonchev–Trinajstić information content (AvgIpc) is 2.92. The number of alkyl halides is 3. The lowest BCUT2D eigenvalue weighted by Crippen LogP contribution is -2.28. The van der Waals surface area contributed by atoms with Crippen LogP contribution in [0.4, 0.5) is 39.4 Å². The van der Waals surface area contributed by atoms with Gasteiger partial charge in [-0.3, -0.25) is 9.36 Å². The molecule has 0 fully saturated rings. The summed E-state index contributed by atoms with van der Waals surface area (Å²) in [6.45, 7) is 1.56. The third-order valence-electron chi connectivity index (χ3n) is 6.15. The van der Waals surface area contributed by atoms with E-state index >= 15 is 0 Å². The van der Waals surface area contributed by atoms with Crippen LogP contribution >= 0.6 is 11.6 Å². The Labute approximate surface area is 244 Å². The van der Waals surface area contributed by atoms with Crippen molar-refractivity contribution < 1.29 is 22.0 Å². The molecule has 0 saturated heterocycles. The summed E-state index contributed by atoms with van der Waals surface area (Å²) < 4.78 is 70.1. The second kappa shape index (κ2) is 11.2. The van der Waals surface area contributed by atoms with Gasteiger partial charge in [0.05, 0.1) is 38.8 Å². The molecule has 15 heteroatoms. The van der Waals surface area contributed by atoms with E-state index in [1.807, 2.05) is 0 Å². The fourth-order valence-corrected chi connectivity index (χ4v) is 4.50. The molecule has 0 radical (unpaired) electrons. The van der Waals surface area contributed by atoms with Crippen LogP contribution in [0.15, 0.2) is 59.8 Å². The molecular formula is C28H18ClF5N8O. The molecule has 9 nitrogen and oxygen atoms in total. The van der Waals surface area contributed by atoms with E-state index in [1.54, 1.807) is 13.0 Å². The fraction of sp³-hybridized carbons (Fsp3) is 0.107. The van der Waals surface area contributed by atoms with Crippen molar-refractivity contribution in [3.8, 4) is 17.5 Å². The lowest BCUT2D eigenvalue weighted by atomic mass is 10.1. The third kappa shape index (κ3) is 5.88. The summed E-state index contributed by atoms with van der Waals surface area (Å²) >= 11 is 6.27. The van der Waals surface area contributed by atoms with E-state index in [1.165, 1.54) is 12.1 Å². The van der Waals surface area contributed by atoms with E-state index in [0.29, 0.717) is 12.1 Å². The minimum Gasteiger partial charge on any atom is -0.384 e. The zero-order valence-electron chi connectivity index (χ0n) is 21.8. The van der Waals surface area contributed by atoms with E-state index in [4.69, 9.17) is 23.1 Å². The number of anilines is 3. The molecule has 0 spiro atoms. The van der Waals surface area contributed by atoms with Gasteiger partial charge in [0, 0.05) is 12.3 Å². The maximum absolute atomic E-state index is 14.2. The topological polar surface area (TPSA) is 138 Å². The van der Waals surface area contributed by atoms with Gasteiger partial charge in [0.2, 0.25) is 0 Å². The second-order valence-corrected chi connectivity index (χ2v) is 9.53. The van der Waals surface area contributed by atoms with Gasteiger partial charge in [-0.1, -0.05) is 29.5 Å². The molecule has 218 valence electrons. The van der Waals surface area contributed by atoms with Gasteiger partial charge in [-0.25, -0.2) is 28.7 Å². The smallest absolute Gasteiger partial charge is 0.384 e. The Kier molecular flexibility index (Phi) is 7.59. The number of halogens is 6. The van der Waals surface area contributed by atoms with Crippen molar-refractivity contribution >= 4 is 40.0 Å². The highest BCUT2D eigenvalue weighted by molar-refractivity contribution is 6.35. The third-order valence-corrected chi connectivity index (χ3v) is 6.46. The van der Waals surface area contributed by atoms with Gasteiger partial charge in [0.15, 0.2) is 0 Å². The van der Waals surface area contributed by atoms with Crippen LogP contribution in [0, 0.1) is 23.5 Å². The standard InChI is InChI=1S/C28H18ClF5N8O/c1-13(26-41-21-4-2-3-20(29)23(21)27(43)42(26)17-8-15(30)7-16(31)9-17)40-25-18(24(36)38-12-39-25)6-5-14-11-37-22(35)10-19(14)28(32,33)34/h2-4,7-13H,1H3,(H2,35,37)(H3,36,38,39,40). The van der Waals surface area contributed by atoms with Gasteiger partial charge in [-0.05, 0) is 37.3 Å². The summed E-state index contributed by atoms with van der Waals surface area (Å²) in [7, 11) is 0. The van der Waals surface area contributed by atoms with Crippen LogP contribution in [0.1, 0.15) is 35.5 Å². The molecule has 1 atom stereocenters. The number of nitrogen functional groups attached to an aromatic ring is 2. The van der Waals surface area contributed by atoms with E-state index in [0.717, 1.165) is 29.2 Å². The molecule has 0 amide bonds. The molecule has 5 N–H and O–H groups in total. The minimum absolute atomic E-state index is 0.0112. The van der Waals surface area contributed by atoms with Crippen molar-refractivity contribution in [2.75, 3.05) is 16.8 Å². The zero-order valence-corrected chi connectivity index (χ0v) is 22.6. The normalized spacial score (nSPS) is 12.1. The summed E-state index contributed by atoms with van der Waals surface area (Å²) in [5.41, 5.74) is 9.10. The van der Waals surface area contributed by atoms with E-state index < -0.39 is 40.5 Å². The van der Waals surface area contributed by atoms with Crippen molar-refractivity contribution in [3.05, 3.63) is 105 Å². The number of nitrogens with zero attached hydrogens (tertiary/aromatic N) is 5. The fourth-order valence-electron chi connectivity index (χ4n) is 4.25. The minimum atomic E-state index is -4.76. The molecule has 0 bridgehead atoms. The number of fused-ring (bicyclic) bond motifs is 1. The van der Waals surface area contributed by atoms with Crippen molar-refractivity contribution in [2.45, 2.75) is 19.1 Å². The molecule has 5 rings (SSSR count). The molecular weight excluding hydrogens is 595 g/mol. The van der Waals surface area contributed by atoms with E-state index in [-0.39, 0.29) is 50.5 Å². The Hall–Kier alpha value is -5.29. The monoisotopic (exact) mass is 612 g/mol. The van der Waals surface area contributed by atoms with Crippen LogP contribution in [0.3, 0.4) is 0 Å². The van der Waals surface area contributed by atoms with Crippen LogP contribution in [-0.2, 0) is 6.18 Å². The van der Waals surface area contributed by atoms with Crippen LogP contribution in [0.5, 0.6) is 0 Å². The zero-order chi connectivity index (χ0) is 31.1. The van der Waals surface area contributed by atoms with Crippen molar-refractivity contribution in [1.29, 1.82) is 0 Å². The maximum atomic E-state index is 14.2. The molecule has 0 aliphatic heterocycles. The van der Waals surface area contributed by atoms with Gasteiger partial charge in [0.25, 0.3) is 5.56 Å². The van der Waals surface area contributed by atoms with E-state index in [9.17, 15) is 26.7 Å². The Bertz CT molecular complexity index is 2000. The highest BCUT2D eigenvalue weighted by Gasteiger charge is 2.33. The van der Waals surface area contributed by atoms with E-state index in [2.05, 4.69) is 37.1 Å². The van der Waals surface area contributed by atoms with Gasteiger partial charge in [0.1, 0.15) is 46.8 Å². The largest absolute Gasteiger partial charge is 0.417 e. The van der Waals surface area contributed by atoms with Crippen LogP contribution < -0.4 is 22.3 Å². The van der Waals surface area contributed by atoms with Crippen LogP contribution in [0.2, 0.25) is 5.02 Å². The first-order valence-corrected chi connectivity index (χ1v) is 12.6. The van der Waals surface area contributed by atoms with Crippen LogP contribution in [0.25, 0.3) is 16.6 Å². The first kappa shape index (κ1) is 29.2. The summed E-state index contributed by atoms with van der Waals surface area (Å²) in [5.74, 6) is 2.51. The Morgan fingerprint density at radius 2 is 1.74 bits per heavy atom. The maximum Gasteiger partial charge on any atom is 0.417 e. The van der Waals surface area contributed by atoms with Gasteiger partial charge in [-0.15, -0.1) is 0 Å². The molecule has 0 aliphatic rings. The highest BCUT2D eigenvalue weighted by atomic mass is 35.5. The molecule has 2 aromatic carbocycles. The highest BCUT2D eigenvalue weighted by Crippen LogP contribution is 2.33. The van der Waals surface area contributed by atoms with Gasteiger partial charge < -0.3 is 16.8 Å².